The fourth-order valence-electron chi connectivity index (χ4n) is 2.10. The molecule has 104 valence electrons. The molecule has 0 saturated heterocycles. The first-order chi connectivity index (χ1) is 9.52. The average molecular weight is 267 g/mol. The van der Waals surface area contributed by atoms with Crippen molar-refractivity contribution in [3.05, 3.63) is 65.4 Å². The van der Waals surface area contributed by atoms with E-state index in [9.17, 15) is 0 Å². The normalized spacial score (nSPS) is 15.6. The first-order valence-corrected chi connectivity index (χ1v) is 6.79. The van der Waals surface area contributed by atoms with E-state index in [-0.39, 0.29) is 0 Å². The number of aromatic nitrogens is 1. The van der Waals surface area contributed by atoms with Gasteiger partial charge in [-0.1, -0.05) is 25.2 Å². The maximum Gasteiger partial charge on any atom is 0.0561 e. The van der Waals surface area contributed by atoms with E-state index in [0.29, 0.717) is 0 Å². The predicted octanol–water partition coefficient (Wildman–Crippen LogP) is 3.89. The number of aryl methyl sites for hydroxylation is 1. The van der Waals surface area contributed by atoms with Crippen molar-refractivity contribution in [1.82, 2.24) is 4.98 Å². The van der Waals surface area contributed by atoms with Gasteiger partial charge in [-0.3, -0.25) is 4.98 Å². The molecule has 1 aliphatic heterocycles. The molecule has 0 radical (unpaired) electrons. The Morgan fingerprint density at radius 3 is 2.90 bits per heavy atom. The van der Waals surface area contributed by atoms with E-state index in [1.807, 2.05) is 42.4 Å². The van der Waals surface area contributed by atoms with E-state index in [2.05, 4.69) is 31.5 Å². The standard InChI is InChI=1S/C17H21N3/c1-5-12(2)10-16-14(4)19-8-6-17(16)20-9-7-15(18)11-13(20)3/h6-11H,3,5,18H2,1-2,4H3/b12-10+. The largest absolute Gasteiger partial charge is 0.399 e. The van der Waals surface area contributed by atoms with Crippen LogP contribution in [0.5, 0.6) is 0 Å². The molecule has 3 nitrogen and oxygen atoms in total. The van der Waals surface area contributed by atoms with Crippen LogP contribution in [0.3, 0.4) is 0 Å². The Morgan fingerprint density at radius 2 is 2.25 bits per heavy atom. The van der Waals surface area contributed by atoms with Crippen molar-refractivity contribution >= 4 is 11.8 Å². The molecule has 1 aromatic heterocycles. The first kappa shape index (κ1) is 14.1. The number of anilines is 1. The molecule has 0 aliphatic carbocycles. The molecule has 0 fully saturated rings. The second-order valence-corrected chi connectivity index (χ2v) is 4.99. The summed E-state index contributed by atoms with van der Waals surface area (Å²) < 4.78 is 0. The maximum absolute atomic E-state index is 5.80. The molecular weight excluding hydrogens is 246 g/mol. The Labute approximate surface area is 120 Å². The number of rotatable bonds is 3. The average Bonchev–Trinajstić information content (AvgIpc) is 2.41. The van der Waals surface area contributed by atoms with Gasteiger partial charge in [-0.05, 0) is 38.5 Å². The summed E-state index contributed by atoms with van der Waals surface area (Å²) in [6.07, 6.45) is 10.7. The van der Waals surface area contributed by atoms with Gasteiger partial charge in [0.2, 0.25) is 0 Å². The highest BCUT2D eigenvalue weighted by molar-refractivity contribution is 5.74. The van der Waals surface area contributed by atoms with Crippen LogP contribution in [0.4, 0.5) is 5.69 Å². The number of pyridine rings is 1. The van der Waals surface area contributed by atoms with Crippen LogP contribution in [0, 0.1) is 6.92 Å². The molecule has 20 heavy (non-hydrogen) atoms. The molecule has 0 bridgehead atoms. The monoisotopic (exact) mass is 267 g/mol. The Hall–Kier alpha value is -2.29. The Balaban J connectivity index is 2.51. The minimum absolute atomic E-state index is 0.721. The summed E-state index contributed by atoms with van der Waals surface area (Å²) in [5.41, 5.74) is 11.9. The lowest BCUT2D eigenvalue weighted by Crippen LogP contribution is -2.19. The number of nitrogens with two attached hydrogens (primary N) is 1. The predicted molar refractivity (Wildman–Crippen MR) is 85.9 cm³/mol. The molecule has 1 aromatic rings. The highest BCUT2D eigenvalue weighted by atomic mass is 15.1. The molecule has 1 aliphatic rings. The van der Waals surface area contributed by atoms with Crippen molar-refractivity contribution < 1.29 is 0 Å². The second-order valence-electron chi connectivity index (χ2n) is 4.99. The van der Waals surface area contributed by atoms with Crippen LogP contribution in [0.15, 0.2) is 54.2 Å². The van der Waals surface area contributed by atoms with Gasteiger partial charge in [0.1, 0.15) is 0 Å². The highest BCUT2D eigenvalue weighted by Crippen LogP contribution is 2.30. The van der Waals surface area contributed by atoms with Crippen LogP contribution in [0.1, 0.15) is 31.5 Å². The summed E-state index contributed by atoms with van der Waals surface area (Å²) >= 11 is 0. The minimum atomic E-state index is 0.721. The third-order valence-corrected chi connectivity index (χ3v) is 3.43. The van der Waals surface area contributed by atoms with E-state index in [0.717, 1.165) is 34.8 Å². The fraction of sp³-hybridized carbons (Fsp3) is 0.235. The summed E-state index contributed by atoms with van der Waals surface area (Å²) in [5, 5.41) is 0. The van der Waals surface area contributed by atoms with Crippen LogP contribution in [0.25, 0.3) is 6.08 Å². The third-order valence-electron chi connectivity index (χ3n) is 3.43. The van der Waals surface area contributed by atoms with Gasteiger partial charge in [-0.2, -0.15) is 0 Å². The zero-order chi connectivity index (χ0) is 14.7. The Morgan fingerprint density at radius 1 is 1.50 bits per heavy atom. The maximum atomic E-state index is 5.80. The number of hydrogen-bond acceptors (Lipinski definition) is 3. The van der Waals surface area contributed by atoms with E-state index < -0.39 is 0 Å². The van der Waals surface area contributed by atoms with Crippen molar-refractivity contribution in [1.29, 1.82) is 0 Å². The summed E-state index contributed by atoms with van der Waals surface area (Å²) in [4.78, 5) is 6.44. The zero-order valence-electron chi connectivity index (χ0n) is 12.4. The Kier molecular flexibility index (Phi) is 4.08. The lowest BCUT2D eigenvalue weighted by Gasteiger charge is -2.26. The molecule has 2 heterocycles. The van der Waals surface area contributed by atoms with E-state index in [4.69, 9.17) is 5.73 Å². The van der Waals surface area contributed by atoms with Gasteiger partial charge in [-0.15, -0.1) is 0 Å². The van der Waals surface area contributed by atoms with Crippen LogP contribution in [0.2, 0.25) is 0 Å². The van der Waals surface area contributed by atoms with Crippen LogP contribution >= 0.6 is 0 Å². The van der Waals surface area contributed by atoms with Crippen molar-refractivity contribution in [2.75, 3.05) is 4.90 Å². The zero-order valence-corrected chi connectivity index (χ0v) is 12.4. The summed E-state index contributed by atoms with van der Waals surface area (Å²) in [6, 6.07) is 2.01. The lowest BCUT2D eigenvalue weighted by molar-refractivity contribution is 1.09. The van der Waals surface area contributed by atoms with Gasteiger partial charge in [0.15, 0.2) is 0 Å². The summed E-state index contributed by atoms with van der Waals surface area (Å²) in [6.45, 7) is 10.4. The first-order valence-electron chi connectivity index (χ1n) is 6.79. The molecular formula is C17H21N3. The van der Waals surface area contributed by atoms with Crippen LogP contribution in [-0.2, 0) is 0 Å². The number of hydrogen-bond donors (Lipinski definition) is 1. The molecule has 2 N–H and O–H groups in total. The molecule has 0 unspecified atom stereocenters. The number of nitrogens with zero attached hydrogens (tertiary/aromatic N) is 2. The van der Waals surface area contributed by atoms with Gasteiger partial charge >= 0.3 is 0 Å². The smallest absolute Gasteiger partial charge is 0.0561 e. The van der Waals surface area contributed by atoms with E-state index >= 15 is 0 Å². The van der Waals surface area contributed by atoms with Crippen molar-refractivity contribution in [3.63, 3.8) is 0 Å². The van der Waals surface area contributed by atoms with Crippen molar-refractivity contribution in [2.24, 2.45) is 5.73 Å². The molecule has 0 aromatic carbocycles. The highest BCUT2D eigenvalue weighted by Gasteiger charge is 2.14. The van der Waals surface area contributed by atoms with Crippen molar-refractivity contribution in [3.8, 4) is 0 Å². The van der Waals surface area contributed by atoms with Gasteiger partial charge in [0.05, 0.1) is 5.69 Å². The van der Waals surface area contributed by atoms with E-state index in [1.54, 1.807) is 0 Å². The topological polar surface area (TPSA) is 42.1 Å². The molecule has 0 spiro atoms. The second kappa shape index (κ2) is 5.78. The fourth-order valence-corrected chi connectivity index (χ4v) is 2.10. The van der Waals surface area contributed by atoms with Crippen molar-refractivity contribution in [2.45, 2.75) is 27.2 Å². The van der Waals surface area contributed by atoms with Gasteiger partial charge in [-0.25, -0.2) is 0 Å². The molecule has 0 saturated carbocycles. The van der Waals surface area contributed by atoms with Crippen LogP contribution < -0.4 is 10.6 Å². The SMILES string of the molecule is C=C1C=C(N)C=CN1c1ccnc(C)c1/C=C(\C)CC. The van der Waals surface area contributed by atoms with Crippen LogP contribution in [-0.4, -0.2) is 4.98 Å². The van der Waals surface area contributed by atoms with Gasteiger partial charge in [0, 0.05) is 35.0 Å². The minimum Gasteiger partial charge on any atom is -0.399 e. The number of allylic oxidation sites excluding steroid dienone is 3. The molecule has 2 rings (SSSR count). The molecule has 0 atom stereocenters. The van der Waals surface area contributed by atoms with Gasteiger partial charge < -0.3 is 10.6 Å². The summed E-state index contributed by atoms with van der Waals surface area (Å²) in [5.74, 6) is 0. The molecule has 0 amide bonds. The quantitative estimate of drug-likeness (QED) is 0.903. The van der Waals surface area contributed by atoms with E-state index in [1.165, 1.54) is 5.57 Å². The molecule has 3 heteroatoms. The summed E-state index contributed by atoms with van der Waals surface area (Å²) in [7, 11) is 0. The lowest BCUT2D eigenvalue weighted by atomic mass is 10.1. The Bertz CT molecular complexity index is 621. The van der Waals surface area contributed by atoms with Gasteiger partial charge in [0.25, 0.3) is 0 Å². The third kappa shape index (κ3) is 2.82.